The lowest BCUT2D eigenvalue weighted by Gasteiger charge is -2.15. The number of nitrogens with two attached hydrogens (primary N) is 1. The highest BCUT2D eigenvalue weighted by molar-refractivity contribution is 7.80. The molecular formula is C9H18N2O2S. The largest absolute Gasteiger partial charge is 0.392 e. The first-order chi connectivity index (χ1) is 6.61. The Kier molecular flexibility index (Phi) is 7.32. The molecule has 4 nitrogen and oxygen atoms in total. The lowest BCUT2D eigenvalue weighted by atomic mass is 10.2. The van der Waals surface area contributed by atoms with E-state index < -0.39 is 0 Å². The molecule has 0 fully saturated rings. The van der Waals surface area contributed by atoms with Gasteiger partial charge in [0.25, 0.3) is 0 Å². The highest BCUT2D eigenvalue weighted by atomic mass is 32.1. The van der Waals surface area contributed by atoms with Crippen LogP contribution in [0.5, 0.6) is 0 Å². The standard InChI is InChI=1S/C9H18N2O2S/c1-3-5-13-6-8(12)11-7(4-2)9(10)14/h7H,3-6H2,1-2H3,(H2,10,14)(H,11,12). The number of thiocarbonyl (C=S) groups is 1. The summed E-state index contributed by atoms with van der Waals surface area (Å²) in [4.78, 5) is 11.6. The van der Waals surface area contributed by atoms with Crippen LogP contribution in [0.3, 0.4) is 0 Å². The third-order valence-corrected chi connectivity index (χ3v) is 1.95. The van der Waals surface area contributed by atoms with E-state index in [2.05, 4.69) is 5.32 Å². The summed E-state index contributed by atoms with van der Waals surface area (Å²) in [5, 5.41) is 2.69. The van der Waals surface area contributed by atoms with Crippen molar-refractivity contribution in [2.45, 2.75) is 32.7 Å². The van der Waals surface area contributed by atoms with Gasteiger partial charge in [-0.3, -0.25) is 4.79 Å². The van der Waals surface area contributed by atoms with Crippen molar-refractivity contribution < 1.29 is 9.53 Å². The van der Waals surface area contributed by atoms with Gasteiger partial charge in [0.05, 0.1) is 11.0 Å². The van der Waals surface area contributed by atoms with E-state index in [1.807, 2.05) is 13.8 Å². The maximum Gasteiger partial charge on any atom is 0.246 e. The Labute approximate surface area is 90.2 Å². The Bertz CT molecular complexity index is 197. The van der Waals surface area contributed by atoms with Gasteiger partial charge >= 0.3 is 0 Å². The van der Waals surface area contributed by atoms with Crippen LogP contribution in [0, 0.1) is 0 Å². The monoisotopic (exact) mass is 218 g/mol. The highest BCUT2D eigenvalue weighted by Crippen LogP contribution is 1.91. The smallest absolute Gasteiger partial charge is 0.246 e. The van der Waals surface area contributed by atoms with Crippen LogP contribution >= 0.6 is 12.2 Å². The Morgan fingerprint density at radius 2 is 2.21 bits per heavy atom. The first-order valence-corrected chi connectivity index (χ1v) is 5.19. The summed E-state index contributed by atoms with van der Waals surface area (Å²) < 4.78 is 5.07. The van der Waals surface area contributed by atoms with Crippen LogP contribution in [-0.4, -0.2) is 30.2 Å². The zero-order chi connectivity index (χ0) is 11.0. The average Bonchev–Trinajstić information content (AvgIpc) is 2.14. The first-order valence-electron chi connectivity index (χ1n) is 4.78. The maximum absolute atomic E-state index is 11.2. The molecule has 0 aliphatic heterocycles. The molecule has 14 heavy (non-hydrogen) atoms. The van der Waals surface area contributed by atoms with Crippen molar-refractivity contribution in [3.8, 4) is 0 Å². The second-order valence-electron chi connectivity index (χ2n) is 2.98. The van der Waals surface area contributed by atoms with Crippen molar-refractivity contribution in [1.29, 1.82) is 0 Å². The molecule has 1 unspecified atom stereocenters. The van der Waals surface area contributed by atoms with E-state index in [1.165, 1.54) is 0 Å². The highest BCUT2D eigenvalue weighted by Gasteiger charge is 2.12. The molecule has 0 aliphatic rings. The molecule has 0 rings (SSSR count). The van der Waals surface area contributed by atoms with Crippen LogP contribution in [0.25, 0.3) is 0 Å². The van der Waals surface area contributed by atoms with Crippen molar-refractivity contribution in [2.24, 2.45) is 5.73 Å². The molecule has 82 valence electrons. The lowest BCUT2D eigenvalue weighted by Crippen LogP contribution is -2.44. The van der Waals surface area contributed by atoms with Gasteiger partial charge in [-0.25, -0.2) is 0 Å². The second kappa shape index (κ2) is 7.70. The normalized spacial score (nSPS) is 12.1. The zero-order valence-corrected chi connectivity index (χ0v) is 9.52. The number of amides is 1. The molecule has 0 aromatic heterocycles. The van der Waals surface area contributed by atoms with Gasteiger partial charge in [0.1, 0.15) is 6.61 Å². The van der Waals surface area contributed by atoms with Crippen LogP contribution in [-0.2, 0) is 9.53 Å². The second-order valence-corrected chi connectivity index (χ2v) is 3.45. The molecule has 0 aromatic rings. The quantitative estimate of drug-likeness (QED) is 0.485. The van der Waals surface area contributed by atoms with Crippen molar-refractivity contribution in [3.05, 3.63) is 0 Å². The van der Waals surface area contributed by atoms with Gasteiger partial charge in [-0.15, -0.1) is 0 Å². The Hall–Kier alpha value is -0.680. The summed E-state index contributed by atoms with van der Waals surface area (Å²) in [5.74, 6) is -0.168. The fourth-order valence-corrected chi connectivity index (χ4v) is 1.15. The predicted octanol–water partition coefficient (Wildman–Crippen LogP) is 0.594. The van der Waals surface area contributed by atoms with Gasteiger partial charge in [0.2, 0.25) is 5.91 Å². The van der Waals surface area contributed by atoms with E-state index in [4.69, 9.17) is 22.7 Å². The fourth-order valence-electron chi connectivity index (χ4n) is 0.920. The first kappa shape index (κ1) is 13.3. The molecule has 0 radical (unpaired) electrons. The topological polar surface area (TPSA) is 64.3 Å². The molecule has 0 aliphatic carbocycles. The maximum atomic E-state index is 11.2. The van der Waals surface area contributed by atoms with Crippen LogP contribution in [0.1, 0.15) is 26.7 Å². The molecule has 0 saturated carbocycles. The van der Waals surface area contributed by atoms with Gasteiger partial charge in [-0.2, -0.15) is 0 Å². The lowest BCUT2D eigenvalue weighted by molar-refractivity contribution is -0.126. The minimum Gasteiger partial charge on any atom is -0.392 e. The van der Waals surface area contributed by atoms with Crippen molar-refractivity contribution in [2.75, 3.05) is 13.2 Å². The molecule has 0 bridgehead atoms. The number of ether oxygens (including phenoxy) is 1. The van der Waals surface area contributed by atoms with Crippen LogP contribution < -0.4 is 11.1 Å². The SMILES string of the molecule is CCCOCC(=O)NC(CC)C(N)=S. The van der Waals surface area contributed by atoms with Gasteiger partial charge in [-0.05, 0) is 12.8 Å². The number of hydrogen-bond acceptors (Lipinski definition) is 3. The van der Waals surface area contributed by atoms with E-state index in [0.717, 1.165) is 6.42 Å². The van der Waals surface area contributed by atoms with E-state index in [1.54, 1.807) is 0 Å². The van der Waals surface area contributed by atoms with Crippen molar-refractivity contribution in [3.63, 3.8) is 0 Å². The Morgan fingerprint density at radius 3 is 2.64 bits per heavy atom. The minimum atomic E-state index is -0.220. The fraction of sp³-hybridized carbons (Fsp3) is 0.778. The van der Waals surface area contributed by atoms with Crippen LogP contribution in [0.2, 0.25) is 0 Å². The number of hydrogen-bond donors (Lipinski definition) is 2. The van der Waals surface area contributed by atoms with Gasteiger partial charge in [-0.1, -0.05) is 26.1 Å². The molecule has 0 spiro atoms. The van der Waals surface area contributed by atoms with Crippen LogP contribution in [0.4, 0.5) is 0 Å². The van der Waals surface area contributed by atoms with E-state index in [9.17, 15) is 4.79 Å². The number of nitrogens with one attached hydrogen (secondary N) is 1. The number of rotatable bonds is 7. The predicted molar refractivity (Wildman–Crippen MR) is 60.1 cm³/mol. The summed E-state index contributed by atoms with van der Waals surface area (Å²) in [7, 11) is 0. The molecule has 1 atom stereocenters. The van der Waals surface area contributed by atoms with Crippen molar-refractivity contribution in [1.82, 2.24) is 5.32 Å². The van der Waals surface area contributed by atoms with Gasteiger partial charge < -0.3 is 15.8 Å². The third-order valence-electron chi connectivity index (χ3n) is 1.67. The molecule has 0 heterocycles. The summed E-state index contributed by atoms with van der Waals surface area (Å²) >= 11 is 4.79. The molecule has 1 amide bonds. The molecule has 0 saturated heterocycles. The molecule has 5 heteroatoms. The van der Waals surface area contributed by atoms with E-state index in [0.29, 0.717) is 18.0 Å². The zero-order valence-electron chi connectivity index (χ0n) is 8.71. The van der Waals surface area contributed by atoms with Gasteiger partial charge in [0, 0.05) is 6.61 Å². The summed E-state index contributed by atoms with van der Waals surface area (Å²) in [6.45, 7) is 4.57. The summed E-state index contributed by atoms with van der Waals surface area (Å²) in [6, 6.07) is -0.220. The molecular weight excluding hydrogens is 200 g/mol. The Morgan fingerprint density at radius 1 is 1.57 bits per heavy atom. The number of carbonyl (C=O) groups is 1. The van der Waals surface area contributed by atoms with Crippen LogP contribution in [0.15, 0.2) is 0 Å². The summed E-state index contributed by atoms with van der Waals surface area (Å²) in [6.07, 6.45) is 1.61. The number of carbonyl (C=O) groups excluding carboxylic acids is 1. The molecule has 0 aromatic carbocycles. The van der Waals surface area contributed by atoms with E-state index in [-0.39, 0.29) is 18.6 Å². The third kappa shape index (κ3) is 5.88. The van der Waals surface area contributed by atoms with E-state index >= 15 is 0 Å². The molecule has 3 N–H and O–H groups in total. The minimum absolute atomic E-state index is 0.0763. The summed E-state index contributed by atoms with van der Waals surface area (Å²) in [5.41, 5.74) is 5.43. The average molecular weight is 218 g/mol. The van der Waals surface area contributed by atoms with Gasteiger partial charge in [0.15, 0.2) is 0 Å². The Balaban J connectivity index is 3.74. The van der Waals surface area contributed by atoms with Crippen molar-refractivity contribution >= 4 is 23.1 Å².